The Morgan fingerprint density at radius 3 is 2.35 bits per heavy atom. The quantitative estimate of drug-likeness (QED) is 0.765. The Bertz CT molecular complexity index is 745. The second-order valence-corrected chi connectivity index (χ2v) is 8.33. The number of anilines is 1. The number of hydrogen-bond donors (Lipinski definition) is 2. The third-order valence-corrected chi connectivity index (χ3v) is 6.35. The second-order valence-electron chi connectivity index (χ2n) is 7.38. The maximum atomic E-state index is 12.3. The van der Waals surface area contributed by atoms with Crippen LogP contribution in [-0.4, -0.2) is 18.4 Å². The van der Waals surface area contributed by atoms with Gasteiger partial charge < -0.3 is 10.6 Å². The lowest BCUT2D eigenvalue weighted by molar-refractivity contribution is -0.136. The zero-order valence-corrected chi connectivity index (χ0v) is 16.2. The monoisotopic (exact) mass is 370 g/mol. The standard InChI is InChI=1S/C21H26N2O2S/c1-15(2)16-7-9-17(10-8-16)23-20(25)19(24)22-14-21(11-3-4-12-21)18-6-5-13-26-18/h5-10,13,15H,3-4,11-12,14H2,1-2H3,(H,22,24)(H,23,25). The lowest BCUT2D eigenvalue weighted by Gasteiger charge is -2.28. The van der Waals surface area contributed by atoms with E-state index in [1.165, 1.54) is 23.3 Å². The first-order valence-corrected chi connectivity index (χ1v) is 10.1. The fraction of sp³-hybridized carbons (Fsp3) is 0.429. The van der Waals surface area contributed by atoms with E-state index < -0.39 is 11.8 Å². The number of thiophene rings is 1. The number of amides is 2. The van der Waals surface area contributed by atoms with Crippen LogP contribution in [0.25, 0.3) is 0 Å². The van der Waals surface area contributed by atoms with E-state index in [1.807, 2.05) is 24.3 Å². The first kappa shape index (κ1) is 18.6. The minimum atomic E-state index is -0.610. The zero-order chi connectivity index (χ0) is 18.6. The highest BCUT2D eigenvalue weighted by Gasteiger charge is 2.37. The van der Waals surface area contributed by atoms with Gasteiger partial charge >= 0.3 is 11.8 Å². The lowest BCUT2D eigenvalue weighted by atomic mass is 9.84. The molecule has 2 amide bonds. The van der Waals surface area contributed by atoms with Crippen molar-refractivity contribution < 1.29 is 9.59 Å². The number of carbonyl (C=O) groups is 2. The molecule has 1 aromatic carbocycles. The van der Waals surface area contributed by atoms with E-state index in [9.17, 15) is 9.59 Å². The molecule has 0 spiro atoms. The fourth-order valence-corrected chi connectivity index (χ4v) is 4.60. The van der Waals surface area contributed by atoms with Crippen LogP contribution in [0.4, 0.5) is 5.69 Å². The molecule has 0 bridgehead atoms. The van der Waals surface area contributed by atoms with E-state index in [0.29, 0.717) is 18.2 Å². The average Bonchev–Trinajstić information content (AvgIpc) is 3.32. The van der Waals surface area contributed by atoms with Crippen LogP contribution in [-0.2, 0) is 15.0 Å². The molecule has 1 heterocycles. The normalized spacial score (nSPS) is 15.8. The summed E-state index contributed by atoms with van der Waals surface area (Å²) in [6.07, 6.45) is 4.46. The van der Waals surface area contributed by atoms with E-state index in [1.54, 1.807) is 11.3 Å². The van der Waals surface area contributed by atoms with Crippen molar-refractivity contribution in [2.75, 3.05) is 11.9 Å². The Hall–Kier alpha value is -2.14. The molecule has 2 aromatic rings. The van der Waals surface area contributed by atoms with E-state index in [0.717, 1.165) is 12.8 Å². The Balaban J connectivity index is 1.58. The average molecular weight is 371 g/mol. The van der Waals surface area contributed by atoms with Gasteiger partial charge in [-0.1, -0.05) is 44.9 Å². The molecular weight excluding hydrogens is 344 g/mol. The van der Waals surface area contributed by atoms with E-state index >= 15 is 0 Å². The van der Waals surface area contributed by atoms with Gasteiger partial charge in [-0.05, 0) is 47.9 Å². The van der Waals surface area contributed by atoms with Crippen molar-refractivity contribution in [3.8, 4) is 0 Å². The molecule has 0 radical (unpaired) electrons. The highest BCUT2D eigenvalue weighted by atomic mass is 32.1. The molecule has 26 heavy (non-hydrogen) atoms. The SMILES string of the molecule is CC(C)c1ccc(NC(=O)C(=O)NCC2(c3cccs3)CCCC2)cc1. The summed E-state index contributed by atoms with van der Waals surface area (Å²) >= 11 is 1.73. The molecule has 1 aliphatic rings. The van der Waals surface area contributed by atoms with E-state index in [-0.39, 0.29) is 5.41 Å². The topological polar surface area (TPSA) is 58.2 Å². The Morgan fingerprint density at radius 1 is 1.08 bits per heavy atom. The Kier molecular flexibility index (Phi) is 5.77. The molecule has 4 nitrogen and oxygen atoms in total. The van der Waals surface area contributed by atoms with Crippen molar-refractivity contribution >= 4 is 28.8 Å². The first-order valence-electron chi connectivity index (χ1n) is 9.23. The molecule has 1 aromatic heterocycles. The summed E-state index contributed by atoms with van der Waals surface area (Å²) in [5.74, 6) is -0.745. The van der Waals surface area contributed by atoms with Crippen LogP contribution < -0.4 is 10.6 Å². The van der Waals surface area contributed by atoms with Gasteiger partial charge in [-0.25, -0.2) is 0 Å². The summed E-state index contributed by atoms with van der Waals surface area (Å²) in [6.45, 7) is 4.76. The molecule has 2 N–H and O–H groups in total. The van der Waals surface area contributed by atoms with Gasteiger partial charge in [0.05, 0.1) is 0 Å². The third kappa shape index (κ3) is 4.15. The van der Waals surface area contributed by atoms with Gasteiger partial charge in [-0.2, -0.15) is 0 Å². The molecule has 0 atom stereocenters. The van der Waals surface area contributed by atoms with E-state index in [4.69, 9.17) is 0 Å². The van der Waals surface area contributed by atoms with Crippen molar-refractivity contribution in [2.24, 2.45) is 0 Å². The summed E-state index contributed by atoms with van der Waals surface area (Å²) < 4.78 is 0. The summed E-state index contributed by atoms with van der Waals surface area (Å²) in [5.41, 5.74) is 1.83. The van der Waals surface area contributed by atoms with Gasteiger partial charge in [0.2, 0.25) is 0 Å². The summed E-state index contributed by atoms with van der Waals surface area (Å²) in [7, 11) is 0. The molecular formula is C21H26N2O2S. The number of rotatable bonds is 5. The number of nitrogens with one attached hydrogen (secondary N) is 2. The Labute approximate surface area is 159 Å². The van der Waals surface area contributed by atoms with E-state index in [2.05, 4.69) is 42.0 Å². The van der Waals surface area contributed by atoms with Crippen LogP contribution in [0.15, 0.2) is 41.8 Å². The summed E-state index contributed by atoms with van der Waals surface area (Å²) in [4.78, 5) is 25.8. The number of hydrogen-bond acceptors (Lipinski definition) is 3. The number of benzene rings is 1. The fourth-order valence-electron chi connectivity index (χ4n) is 3.61. The van der Waals surface area contributed by atoms with Crippen LogP contribution in [0.1, 0.15) is 55.9 Å². The maximum Gasteiger partial charge on any atom is 0.313 e. The highest BCUT2D eigenvalue weighted by Crippen LogP contribution is 2.42. The van der Waals surface area contributed by atoms with Crippen LogP contribution >= 0.6 is 11.3 Å². The molecule has 0 aliphatic heterocycles. The first-order chi connectivity index (χ1) is 12.5. The smallest absolute Gasteiger partial charge is 0.313 e. The molecule has 1 saturated carbocycles. The largest absolute Gasteiger partial charge is 0.347 e. The van der Waals surface area contributed by atoms with Gasteiger partial charge in [0.1, 0.15) is 0 Å². The van der Waals surface area contributed by atoms with Crippen molar-refractivity contribution in [3.05, 3.63) is 52.2 Å². The van der Waals surface area contributed by atoms with Gasteiger partial charge in [0, 0.05) is 22.5 Å². The molecule has 0 saturated heterocycles. The van der Waals surface area contributed by atoms with Crippen molar-refractivity contribution in [2.45, 2.75) is 50.9 Å². The van der Waals surface area contributed by atoms with Gasteiger partial charge in [0.25, 0.3) is 0 Å². The number of carbonyl (C=O) groups excluding carboxylic acids is 2. The molecule has 1 fully saturated rings. The maximum absolute atomic E-state index is 12.3. The van der Waals surface area contributed by atoms with Crippen LogP contribution in [0.5, 0.6) is 0 Å². The molecule has 3 rings (SSSR count). The zero-order valence-electron chi connectivity index (χ0n) is 15.4. The minimum absolute atomic E-state index is 0.0109. The molecule has 138 valence electrons. The lowest BCUT2D eigenvalue weighted by Crippen LogP contribution is -2.43. The van der Waals surface area contributed by atoms with Crippen molar-refractivity contribution in [3.63, 3.8) is 0 Å². The molecule has 0 unspecified atom stereocenters. The van der Waals surface area contributed by atoms with Crippen molar-refractivity contribution in [1.29, 1.82) is 0 Å². The van der Waals surface area contributed by atoms with Gasteiger partial charge in [-0.15, -0.1) is 11.3 Å². The van der Waals surface area contributed by atoms with Gasteiger partial charge in [-0.3, -0.25) is 9.59 Å². The predicted molar refractivity (Wildman–Crippen MR) is 107 cm³/mol. The molecule has 5 heteroatoms. The third-order valence-electron chi connectivity index (χ3n) is 5.23. The Morgan fingerprint density at radius 2 is 1.77 bits per heavy atom. The van der Waals surface area contributed by atoms with Crippen LogP contribution in [0.3, 0.4) is 0 Å². The van der Waals surface area contributed by atoms with Crippen LogP contribution in [0.2, 0.25) is 0 Å². The summed E-state index contributed by atoms with van der Waals surface area (Å²) in [6, 6.07) is 11.8. The highest BCUT2D eigenvalue weighted by molar-refractivity contribution is 7.10. The second kappa shape index (κ2) is 8.04. The minimum Gasteiger partial charge on any atom is -0.347 e. The van der Waals surface area contributed by atoms with Crippen LogP contribution in [0, 0.1) is 0 Å². The summed E-state index contributed by atoms with van der Waals surface area (Å²) in [5, 5.41) is 7.62. The predicted octanol–water partition coefficient (Wildman–Crippen LogP) is 4.44. The van der Waals surface area contributed by atoms with Gasteiger partial charge in [0.15, 0.2) is 0 Å². The molecule has 1 aliphatic carbocycles. The van der Waals surface area contributed by atoms with Crippen molar-refractivity contribution in [1.82, 2.24) is 5.32 Å².